The summed E-state index contributed by atoms with van der Waals surface area (Å²) in [5, 5.41) is 3.47. The molecular weight excluding hydrogens is 234 g/mol. The van der Waals surface area contributed by atoms with Gasteiger partial charge in [0.2, 0.25) is 0 Å². The van der Waals surface area contributed by atoms with E-state index >= 15 is 0 Å². The van der Waals surface area contributed by atoms with Gasteiger partial charge in [0.05, 0.1) is 5.69 Å². The lowest BCUT2D eigenvalue weighted by molar-refractivity contribution is 0.307. The van der Waals surface area contributed by atoms with E-state index in [2.05, 4.69) is 61.6 Å². The Kier molecular flexibility index (Phi) is 6.19. The zero-order valence-corrected chi connectivity index (χ0v) is 12.7. The van der Waals surface area contributed by atoms with Gasteiger partial charge in [-0.25, -0.2) is 0 Å². The summed E-state index contributed by atoms with van der Waals surface area (Å²) < 4.78 is 0. The molecule has 0 saturated heterocycles. The second-order valence-corrected chi connectivity index (χ2v) is 5.88. The molecule has 0 aliphatic heterocycles. The van der Waals surface area contributed by atoms with Crippen LogP contribution in [0.4, 0.5) is 0 Å². The van der Waals surface area contributed by atoms with Gasteiger partial charge in [-0.3, -0.25) is 9.88 Å². The number of hydrogen-bond acceptors (Lipinski definition) is 3. The van der Waals surface area contributed by atoms with Gasteiger partial charge in [-0.1, -0.05) is 19.1 Å². The van der Waals surface area contributed by atoms with Crippen molar-refractivity contribution in [1.29, 1.82) is 0 Å². The molecule has 3 nitrogen and oxygen atoms in total. The number of aromatic nitrogens is 1. The number of nitrogens with one attached hydrogen (secondary N) is 1. The van der Waals surface area contributed by atoms with E-state index in [0.717, 1.165) is 31.9 Å². The predicted octanol–water partition coefficient (Wildman–Crippen LogP) is 2.98. The number of hydrogen-bond donors (Lipinski definition) is 1. The molecule has 0 radical (unpaired) electrons. The third-order valence-corrected chi connectivity index (χ3v) is 2.93. The molecule has 0 saturated carbocycles. The maximum atomic E-state index is 4.53. The first-order valence-corrected chi connectivity index (χ1v) is 6.96. The van der Waals surface area contributed by atoms with Gasteiger partial charge in [-0.2, -0.15) is 0 Å². The van der Waals surface area contributed by atoms with Crippen LogP contribution in [0.25, 0.3) is 0 Å². The fourth-order valence-electron chi connectivity index (χ4n) is 1.74. The van der Waals surface area contributed by atoms with E-state index in [-0.39, 0.29) is 5.54 Å². The lowest BCUT2D eigenvalue weighted by Gasteiger charge is -2.21. The number of pyridine rings is 1. The summed E-state index contributed by atoms with van der Waals surface area (Å²) in [6, 6.07) is 4.27. The zero-order chi connectivity index (χ0) is 14.3. The van der Waals surface area contributed by atoms with Gasteiger partial charge in [-0.05, 0) is 38.9 Å². The molecule has 106 valence electrons. The minimum Gasteiger partial charge on any atom is -0.308 e. The molecular formula is C16H27N3. The van der Waals surface area contributed by atoms with Gasteiger partial charge < -0.3 is 5.32 Å². The van der Waals surface area contributed by atoms with Crippen molar-refractivity contribution >= 4 is 0 Å². The van der Waals surface area contributed by atoms with Crippen molar-refractivity contribution < 1.29 is 0 Å². The Morgan fingerprint density at radius 1 is 1.37 bits per heavy atom. The van der Waals surface area contributed by atoms with Crippen LogP contribution in [-0.4, -0.2) is 28.5 Å². The molecule has 0 bridgehead atoms. The molecule has 0 atom stereocenters. The first kappa shape index (κ1) is 15.9. The Hall–Kier alpha value is -1.19. The van der Waals surface area contributed by atoms with Gasteiger partial charge in [0.15, 0.2) is 0 Å². The number of nitrogens with zero attached hydrogens (tertiary/aromatic N) is 2. The quantitative estimate of drug-likeness (QED) is 0.765. The van der Waals surface area contributed by atoms with Crippen LogP contribution in [0.2, 0.25) is 0 Å². The van der Waals surface area contributed by atoms with Crippen molar-refractivity contribution in [3.63, 3.8) is 0 Å². The monoisotopic (exact) mass is 261 g/mol. The molecule has 3 heteroatoms. The SMILES string of the molecule is C=CCN(CC)Cc1ccc(CNC(C)(C)C)cn1. The summed E-state index contributed by atoms with van der Waals surface area (Å²) in [5.74, 6) is 0. The molecule has 0 unspecified atom stereocenters. The van der Waals surface area contributed by atoms with E-state index in [1.54, 1.807) is 0 Å². The van der Waals surface area contributed by atoms with Crippen LogP contribution >= 0.6 is 0 Å². The topological polar surface area (TPSA) is 28.2 Å². The lowest BCUT2D eigenvalue weighted by Crippen LogP contribution is -2.35. The van der Waals surface area contributed by atoms with Crippen molar-refractivity contribution in [2.24, 2.45) is 0 Å². The average Bonchev–Trinajstić information content (AvgIpc) is 2.36. The molecule has 0 aromatic carbocycles. The van der Waals surface area contributed by atoms with Crippen molar-refractivity contribution in [3.8, 4) is 0 Å². The van der Waals surface area contributed by atoms with E-state index in [1.807, 2.05) is 12.3 Å². The number of rotatable bonds is 7. The molecule has 0 aliphatic rings. The van der Waals surface area contributed by atoms with E-state index in [1.165, 1.54) is 5.56 Å². The first-order chi connectivity index (χ1) is 8.94. The highest BCUT2D eigenvalue weighted by Gasteiger charge is 2.08. The Balaban J connectivity index is 2.53. The third kappa shape index (κ3) is 6.50. The normalized spacial score (nSPS) is 11.8. The summed E-state index contributed by atoms with van der Waals surface area (Å²) in [6.07, 6.45) is 3.90. The van der Waals surface area contributed by atoms with Gasteiger partial charge >= 0.3 is 0 Å². The first-order valence-electron chi connectivity index (χ1n) is 6.96. The Morgan fingerprint density at radius 2 is 2.11 bits per heavy atom. The molecule has 0 spiro atoms. The van der Waals surface area contributed by atoms with Crippen LogP contribution in [0.5, 0.6) is 0 Å². The molecule has 1 rings (SSSR count). The second kappa shape index (κ2) is 7.41. The zero-order valence-electron chi connectivity index (χ0n) is 12.7. The Labute approximate surface area is 117 Å². The van der Waals surface area contributed by atoms with E-state index < -0.39 is 0 Å². The molecule has 0 amide bonds. The van der Waals surface area contributed by atoms with Crippen molar-refractivity contribution in [2.75, 3.05) is 13.1 Å². The van der Waals surface area contributed by atoms with E-state index in [4.69, 9.17) is 0 Å². The highest BCUT2D eigenvalue weighted by molar-refractivity contribution is 5.14. The van der Waals surface area contributed by atoms with Gasteiger partial charge in [-0.15, -0.1) is 6.58 Å². The fourth-order valence-corrected chi connectivity index (χ4v) is 1.74. The largest absolute Gasteiger partial charge is 0.308 e. The summed E-state index contributed by atoms with van der Waals surface area (Å²) in [7, 11) is 0. The summed E-state index contributed by atoms with van der Waals surface area (Å²) in [5.41, 5.74) is 2.48. The van der Waals surface area contributed by atoms with Gasteiger partial charge in [0.25, 0.3) is 0 Å². The van der Waals surface area contributed by atoms with Crippen LogP contribution in [0.1, 0.15) is 39.0 Å². The van der Waals surface area contributed by atoms with Crippen LogP contribution in [0.15, 0.2) is 31.0 Å². The second-order valence-electron chi connectivity index (χ2n) is 5.88. The lowest BCUT2D eigenvalue weighted by atomic mass is 10.1. The molecule has 0 fully saturated rings. The van der Waals surface area contributed by atoms with Crippen LogP contribution in [0, 0.1) is 0 Å². The van der Waals surface area contributed by atoms with Crippen molar-refractivity contribution in [2.45, 2.75) is 46.3 Å². The minimum atomic E-state index is 0.141. The van der Waals surface area contributed by atoms with Crippen LogP contribution in [0.3, 0.4) is 0 Å². The maximum Gasteiger partial charge on any atom is 0.0544 e. The van der Waals surface area contributed by atoms with Crippen molar-refractivity contribution in [1.82, 2.24) is 15.2 Å². The fraction of sp³-hybridized carbons (Fsp3) is 0.562. The summed E-state index contributed by atoms with van der Waals surface area (Å²) in [6.45, 7) is 16.1. The maximum absolute atomic E-state index is 4.53. The van der Waals surface area contributed by atoms with E-state index in [0.29, 0.717) is 0 Å². The molecule has 1 heterocycles. The van der Waals surface area contributed by atoms with Crippen molar-refractivity contribution in [3.05, 3.63) is 42.2 Å². The number of likely N-dealkylation sites (N-methyl/N-ethyl adjacent to an activating group) is 1. The molecule has 1 aromatic heterocycles. The predicted molar refractivity (Wildman–Crippen MR) is 82.0 cm³/mol. The Morgan fingerprint density at radius 3 is 2.58 bits per heavy atom. The molecule has 19 heavy (non-hydrogen) atoms. The van der Waals surface area contributed by atoms with E-state index in [9.17, 15) is 0 Å². The third-order valence-electron chi connectivity index (χ3n) is 2.93. The van der Waals surface area contributed by atoms with Crippen LogP contribution < -0.4 is 5.32 Å². The highest BCUT2D eigenvalue weighted by Crippen LogP contribution is 2.06. The highest BCUT2D eigenvalue weighted by atomic mass is 15.1. The molecule has 1 N–H and O–H groups in total. The summed E-state index contributed by atoms with van der Waals surface area (Å²) >= 11 is 0. The molecule has 0 aliphatic carbocycles. The van der Waals surface area contributed by atoms with Gasteiger partial charge in [0.1, 0.15) is 0 Å². The Bertz CT molecular complexity index is 376. The van der Waals surface area contributed by atoms with Gasteiger partial charge in [0, 0.05) is 31.4 Å². The smallest absolute Gasteiger partial charge is 0.0544 e. The summed E-state index contributed by atoms with van der Waals surface area (Å²) in [4.78, 5) is 6.84. The average molecular weight is 261 g/mol. The van der Waals surface area contributed by atoms with Crippen LogP contribution in [-0.2, 0) is 13.1 Å². The molecule has 1 aromatic rings. The minimum absolute atomic E-state index is 0.141. The standard InChI is InChI=1S/C16H27N3/c1-6-10-19(7-2)13-15-9-8-14(11-17-15)12-18-16(3,4)5/h6,8-9,11,18H,1,7,10,12-13H2,2-5H3.